The molecule has 1 aromatic heterocycles. The van der Waals surface area contributed by atoms with Crippen molar-refractivity contribution in [2.75, 3.05) is 18.2 Å². The molecular weight excluding hydrogens is 436 g/mol. The fourth-order valence-electron chi connectivity index (χ4n) is 3.21. The Balaban J connectivity index is 1.30. The summed E-state index contributed by atoms with van der Waals surface area (Å²) >= 11 is 1.32. The van der Waals surface area contributed by atoms with Crippen LogP contribution in [0.2, 0.25) is 0 Å². The number of thioether (sulfide) groups is 1. The van der Waals surface area contributed by atoms with E-state index in [-0.39, 0.29) is 11.7 Å². The van der Waals surface area contributed by atoms with Gasteiger partial charge in [0.05, 0.1) is 18.4 Å². The Morgan fingerprint density at radius 2 is 1.70 bits per heavy atom. The van der Waals surface area contributed by atoms with E-state index in [0.29, 0.717) is 23.3 Å². The summed E-state index contributed by atoms with van der Waals surface area (Å²) < 4.78 is 13.1. The number of carbonyl (C=O) groups excluding carboxylic acids is 1. The minimum absolute atomic E-state index is 0.125. The number of methoxy groups -OCH3 is 1. The average molecular weight is 461 g/mol. The highest BCUT2D eigenvalue weighted by molar-refractivity contribution is 7.99. The van der Waals surface area contributed by atoms with Gasteiger partial charge in [0.1, 0.15) is 18.1 Å². The van der Waals surface area contributed by atoms with Gasteiger partial charge >= 0.3 is 0 Å². The van der Waals surface area contributed by atoms with Crippen molar-refractivity contribution in [1.82, 2.24) is 14.8 Å². The maximum atomic E-state index is 12.4. The highest BCUT2D eigenvalue weighted by atomic mass is 32.2. The van der Waals surface area contributed by atoms with Crippen molar-refractivity contribution in [3.05, 3.63) is 84.4 Å². The maximum absolute atomic E-state index is 12.4. The summed E-state index contributed by atoms with van der Waals surface area (Å²) in [6, 6.07) is 24.9. The van der Waals surface area contributed by atoms with Gasteiger partial charge in [0.15, 0.2) is 11.0 Å². The number of hydrogen-bond acceptors (Lipinski definition) is 6. The molecular formula is C25H24N4O3S. The van der Waals surface area contributed by atoms with Crippen molar-refractivity contribution in [3.8, 4) is 22.9 Å². The van der Waals surface area contributed by atoms with Gasteiger partial charge in [-0.25, -0.2) is 0 Å². The zero-order valence-corrected chi connectivity index (χ0v) is 19.2. The van der Waals surface area contributed by atoms with E-state index in [2.05, 4.69) is 15.5 Å². The first-order chi connectivity index (χ1) is 16.1. The number of nitrogens with one attached hydrogen (secondary N) is 1. The number of para-hydroxylation sites is 1. The quantitative estimate of drug-likeness (QED) is 0.362. The van der Waals surface area contributed by atoms with E-state index >= 15 is 0 Å². The zero-order valence-electron chi connectivity index (χ0n) is 18.4. The third-order valence-electron chi connectivity index (χ3n) is 4.90. The number of benzene rings is 3. The largest absolute Gasteiger partial charge is 0.496 e. The van der Waals surface area contributed by atoms with Crippen molar-refractivity contribution < 1.29 is 14.3 Å². The Bertz CT molecular complexity index is 1210. The standard InChI is InChI=1S/C25H24N4O3S/c1-29-24(21-10-6-7-11-22(21)31-2)27-28-25(29)33-17-23(30)26-19-12-14-20(15-13-19)32-16-18-8-4-3-5-9-18/h3-15H,16-17H2,1-2H3,(H,26,30). The minimum atomic E-state index is -0.125. The van der Waals surface area contributed by atoms with Crippen LogP contribution < -0.4 is 14.8 Å². The molecule has 0 spiro atoms. The third-order valence-corrected chi connectivity index (χ3v) is 5.92. The van der Waals surface area contributed by atoms with E-state index in [4.69, 9.17) is 9.47 Å². The van der Waals surface area contributed by atoms with Crippen LogP contribution in [0.5, 0.6) is 11.5 Å². The molecule has 0 atom stereocenters. The topological polar surface area (TPSA) is 78.3 Å². The Labute approximate surface area is 196 Å². The Morgan fingerprint density at radius 1 is 0.970 bits per heavy atom. The number of hydrogen-bond donors (Lipinski definition) is 1. The second-order valence-electron chi connectivity index (χ2n) is 7.20. The van der Waals surface area contributed by atoms with Crippen molar-refractivity contribution in [1.29, 1.82) is 0 Å². The normalized spacial score (nSPS) is 10.6. The van der Waals surface area contributed by atoms with Gasteiger partial charge in [-0.2, -0.15) is 0 Å². The molecule has 4 rings (SSSR count). The van der Waals surface area contributed by atoms with Crippen LogP contribution in [-0.2, 0) is 18.4 Å². The van der Waals surface area contributed by atoms with Crippen LogP contribution in [0.15, 0.2) is 84.0 Å². The summed E-state index contributed by atoms with van der Waals surface area (Å²) in [5.74, 6) is 2.23. The van der Waals surface area contributed by atoms with Crippen LogP contribution in [0.25, 0.3) is 11.4 Å². The molecule has 1 amide bonds. The third kappa shape index (κ3) is 5.72. The first kappa shape index (κ1) is 22.4. The van der Waals surface area contributed by atoms with Gasteiger partial charge < -0.3 is 19.4 Å². The van der Waals surface area contributed by atoms with Crippen molar-refractivity contribution in [3.63, 3.8) is 0 Å². The monoisotopic (exact) mass is 460 g/mol. The summed E-state index contributed by atoms with van der Waals surface area (Å²) in [5, 5.41) is 12.0. The van der Waals surface area contributed by atoms with Crippen molar-refractivity contribution in [2.24, 2.45) is 7.05 Å². The fourth-order valence-corrected chi connectivity index (χ4v) is 3.92. The number of ether oxygens (including phenoxy) is 2. The number of rotatable bonds is 9. The van der Waals surface area contributed by atoms with Gasteiger partial charge in [-0.15, -0.1) is 10.2 Å². The predicted octanol–water partition coefficient (Wildman–Crippen LogP) is 4.80. The van der Waals surface area contributed by atoms with E-state index in [0.717, 1.165) is 22.6 Å². The predicted molar refractivity (Wildman–Crippen MR) is 130 cm³/mol. The molecule has 7 nitrogen and oxygen atoms in total. The average Bonchev–Trinajstić information content (AvgIpc) is 3.23. The summed E-state index contributed by atoms with van der Waals surface area (Å²) in [7, 11) is 3.49. The van der Waals surface area contributed by atoms with E-state index < -0.39 is 0 Å². The summed E-state index contributed by atoms with van der Waals surface area (Å²) in [6.07, 6.45) is 0. The second kappa shape index (κ2) is 10.7. The number of carbonyl (C=O) groups is 1. The van der Waals surface area contributed by atoms with Gasteiger partial charge in [-0.3, -0.25) is 4.79 Å². The lowest BCUT2D eigenvalue weighted by molar-refractivity contribution is -0.113. The molecule has 8 heteroatoms. The fraction of sp³-hybridized carbons (Fsp3) is 0.160. The Kier molecular flexibility index (Phi) is 7.26. The molecule has 33 heavy (non-hydrogen) atoms. The molecule has 4 aromatic rings. The number of anilines is 1. The molecule has 3 aromatic carbocycles. The van der Waals surface area contributed by atoms with Crippen LogP contribution in [0.3, 0.4) is 0 Å². The van der Waals surface area contributed by atoms with E-state index in [1.54, 1.807) is 7.11 Å². The van der Waals surface area contributed by atoms with Crippen LogP contribution >= 0.6 is 11.8 Å². The van der Waals surface area contributed by atoms with Crippen LogP contribution in [0, 0.1) is 0 Å². The van der Waals surface area contributed by atoms with Gasteiger partial charge in [0.25, 0.3) is 0 Å². The maximum Gasteiger partial charge on any atom is 0.234 e. The molecule has 0 aliphatic heterocycles. The molecule has 0 saturated carbocycles. The number of aromatic nitrogens is 3. The molecule has 0 unspecified atom stereocenters. The van der Waals surface area contributed by atoms with Gasteiger partial charge in [-0.05, 0) is 42.0 Å². The molecule has 0 saturated heterocycles. The first-order valence-electron chi connectivity index (χ1n) is 10.4. The summed E-state index contributed by atoms with van der Waals surface area (Å²) in [6.45, 7) is 0.498. The number of nitrogens with zero attached hydrogens (tertiary/aromatic N) is 3. The zero-order chi connectivity index (χ0) is 23.0. The first-order valence-corrected chi connectivity index (χ1v) is 11.3. The summed E-state index contributed by atoms with van der Waals surface area (Å²) in [5.41, 5.74) is 2.66. The smallest absolute Gasteiger partial charge is 0.234 e. The Hall–Kier alpha value is -3.78. The van der Waals surface area contributed by atoms with Gasteiger partial charge in [0.2, 0.25) is 5.91 Å². The van der Waals surface area contributed by atoms with Crippen molar-refractivity contribution in [2.45, 2.75) is 11.8 Å². The Morgan fingerprint density at radius 3 is 2.45 bits per heavy atom. The molecule has 1 N–H and O–H groups in total. The molecule has 0 aliphatic rings. The van der Waals surface area contributed by atoms with E-state index in [1.807, 2.05) is 90.5 Å². The molecule has 0 aliphatic carbocycles. The lowest BCUT2D eigenvalue weighted by Gasteiger charge is -2.09. The second-order valence-corrected chi connectivity index (χ2v) is 8.14. The van der Waals surface area contributed by atoms with Crippen LogP contribution in [0.1, 0.15) is 5.56 Å². The van der Waals surface area contributed by atoms with Gasteiger partial charge in [-0.1, -0.05) is 54.2 Å². The van der Waals surface area contributed by atoms with E-state index in [1.165, 1.54) is 11.8 Å². The van der Waals surface area contributed by atoms with Gasteiger partial charge in [0, 0.05) is 12.7 Å². The summed E-state index contributed by atoms with van der Waals surface area (Å²) in [4.78, 5) is 12.4. The molecule has 0 bridgehead atoms. The van der Waals surface area contributed by atoms with Crippen LogP contribution in [-0.4, -0.2) is 33.5 Å². The molecule has 0 radical (unpaired) electrons. The number of amides is 1. The lowest BCUT2D eigenvalue weighted by Crippen LogP contribution is -2.14. The molecule has 1 heterocycles. The van der Waals surface area contributed by atoms with E-state index in [9.17, 15) is 4.79 Å². The lowest BCUT2D eigenvalue weighted by atomic mass is 10.2. The highest BCUT2D eigenvalue weighted by Gasteiger charge is 2.16. The molecule has 0 fully saturated rings. The SMILES string of the molecule is COc1ccccc1-c1nnc(SCC(=O)Nc2ccc(OCc3ccccc3)cc2)n1C. The van der Waals surface area contributed by atoms with Crippen molar-refractivity contribution >= 4 is 23.4 Å². The minimum Gasteiger partial charge on any atom is -0.496 e. The van der Waals surface area contributed by atoms with Crippen LogP contribution in [0.4, 0.5) is 5.69 Å². The highest BCUT2D eigenvalue weighted by Crippen LogP contribution is 2.30. The molecule has 168 valence electrons.